The topological polar surface area (TPSA) is 3.24 Å². The van der Waals surface area contributed by atoms with Gasteiger partial charge in [-0.2, -0.15) is 11.8 Å². The molecular weight excluding hydrogens is 210 g/mol. The fraction of sp³-hybridized carbons (Fsp3) is 1.00. The van der Waals surface area contributed by atoms with Gasteiger partial charge in [0, 0.05) is 11.1 Å². The summed E-state index contributed by atoms with van der Waals surface area (Å²) in [4.78, 5) is 2.23. The quantitative estimate of drug-likeness (QED) is 0.504. The molecule has 0 amide bonds. The molecule has 10 heavy (non-hydrogen) atoms. The van der Waals surface area contributed by atoms with Crippen LogP contribution in [0.2, 0.25) is 0 Å². The highest BCUT2D eigenvalue weighted by atomic mass is 79.9. The normalized spacial score (nSPS) is 10.8. The smallest absolute Gasteiger partial charge is 0.0122 e. The van der Waals surface area contributed by atoms with Gasteiger partial charge in [-0.25, -0.2) is 0 Å². The molecular formula is C7H16BrNS. The van der Waals surface area contributed by atoms with Crippen molar-refractivity contribution in [2.24, 2.45) is 0 Å². The minimum atomic E-state index is 1.12. The number of halogens is 1. The van der Waals surface area contributed by atoms with Crippen LogP contribution in [0.5, 0.6) is 0 Å². The molecule has 0 saturated heterocycles. The number of alkyl halides is 1. The molecule has 0 rings (SSSR count). The summed E-state index contributed by atoms with van der Waals surface area (Å²) in [6, 6.07) is 0. The molecule has 0 fully saturated rings. The van der Waals surface area contributed by atoms with E-state index in [1.165, 1.54) is 24.5 Å². The third-order valence-corrected chi connectivity index (χ3v) is 3.11. The van der Waals surface area contributed by atoms with Crippen LogP contribution < -0.4 is 0 Å². The highest BCUT2D eigenvalue weighted by molar-refractivity contribution is 9.09. The maximum absolute atomic E-state index is 3.40. The van der Waals surface area contributed by atoms with Crippen molar-refractivity contribution in [1.29, 1.82) is 0 Å². The Morgan fingerprint density at radius 3 is 2.50 bits per heavy atom. The van der Waals surface area contributed by atoms with Crippen LogP contribution in [0.1, 0.15) is 6.42 Å². The molecule has 0 N–H and O–H groups in total. The summed E-state index contributed by atoms with van der Waals surface area (Å²) in [6.45, 7) is 1.22. The Hall–Kier alpha value is 0.790. The summed E-state index contributed by atoms with van der Waals surface area (Å²) in [5, 5.41) is 1.12. The number of hydrogen-bond donors (Lipinski definition) is 0. The van der Waals surface area contributed by atoms with Crippen LogP contribution in [-0.2, 0) is 0 Å². The zero-order valence-corrected chi connectivity index (χ0v) is 9.17. The van der Waals surface area contributed by atoms with E-state index in [0.29, 0.717) is 0 Å². The number of hydrogen-bond acceptors (Lipinski definition) is 2. The van der Waals surface area contributed by atoms with Crippen molar-refractivity contribution in [3.63, 3.8) is 0 Å². The van der Waals surface area contributed by atoms with E-state index in [0.717, 1.165) is 5.33 Å². The van der Waals surface area contributed by atoms with E-state index >= 15 is 0 Å². The van der Waals surface area contributed by atoms with Crippen molar-refractivity contribution in [3.05, 3.63) is 0 Å². The summed E-state index contributed by atoms with van der Waals surface area (Å²) >= 11 is 5.42. The average Bonchev–Trinajstić information content (AvgIpc) is 1.87. The van der Waals surface area contributed by atoms with Crippen LogP contribution in [0.25, 0.3) is 0 Å². The first-order valence-electron chi connectivity index (χ1n) is 3.56. The predicted molar refractivity (Wildman–Crippen MR) is 54.3 cm³/mol. The molecule has 62 valence electrons. The molecule has 0 aromatic heterocycles. The van der Waals surface area contributed by atoms with E-state index < -0.39 is 0 Å². The second-order valence-corrected chi connectivity index (χ2v) is 4.48. The lowest BCUT2D eigenvalue weighted by Gasteiger charge is -2.07. The van der Waals surface area contributed by atoms with Crippen molar-refractivity contribution >= 4 is 27.7 Å². The molecule has 0 heterocycles. The lowest BCUT2D eigenvalue weighted by atomic mass is 10.5. The van der Waals surface area contributed by atoms with E-state index in [9.17, 15) is 0 Å². The summed E-state index contributed by atoms with van der Waals surface area (Å²) in [7, 11) is 4.24. The lowest BCUT2D eigenvalue weighted by Crippen LogP contribution is -2.13. The first-order chi connectivity index (χ1) is 4.77. The fourth-order valence-corrected chi connectivity index (χ4v) is 1.97. The highest BCUT2D eigenvalue weighted by Gasteiger charge is 1.90. The van der Waals surface area contributed by atoms with Crippen LogP contribution >= 0.6 is 27.7 Å². The van der Waals surface area contributed by atoms with Crippen LogP contribution in [0.15, 0.2) is 0 Å². The molecule has 0 bridgehead atoms. The van der Waals surface area contributed by atoms with E-state index in [1.54, 1.807) is 0 Å². The molecule has 0 aliphatic rings. The SMILES string of the molecule is CN(C)CCCSCCBr. The molecule has 1 nitrogen and oxygen atoms in total. The molecule has 0 spiro atoms. The summed E-state index contributed by atoms with van der Waals surface area (Å²) < 4.78 is 0. The second kappa shape index (κ2) is 7.89. The molecule has 0 aromatic rings. The van der Waals surface area contributed by atoms with Gasteiger partial charge < -0.3 is 4.90 Å². The first kappa shape index (κ1) is 10.8. The number of thioether (sulfide) groups is 1. The Morgan fingerprint density at radius 1 is 1.30 bits per heavy atom. The van der Waals surface area contributed by atoms with Gasteiger partial charge in [0.1, 0.15) is 0 Å². The Morgan fingerprint density at radius 2 is 2.00 bits per heavy atom. The van der Waals surface area contributed by atoms with Crippen molar-refractivity contribution < 1.29 is 0 Å². The Kier molecular flexibility index (Phi) is 8.52. The number of rotatable bonds is 6. The molecule has 0 aromatic carbocycles. The van der Waals surface area contributed by atoms with Crippen molar-refractivity contribution in [1.82, 2.24) is 4.90 Å². The molecule has 0 radical (unpaired) electrons. The van der Waals surface area contributed by atoms with Gasteiger partial charge in [0.05, 0.1) is 0 Å². The number of nitrogens with zero attached hydrogens (tertiary/aromatic N) is 1. The third kappa shape index (κ3) is 8.79. The Balaban J connectivity index is 2.77. The van der Waals surface area contributed by atoms with E-state index in [1.807, 2.05) is 11.8 Å². The molecule has 0 aliphatic heterocycles. The predicted octanol–water partition coefficient (Wildman–Crippen LogP) is 2.07. The van der Waals surface area contributed by atoms with Gasteiger partial charge in [-0.05, 0) is 32.8 Å². The van der Waals surface area contributed by atoms with Gasteiger partial charge in [-0.1, -0.05) is 15.9 Å². The van der Waals surface area contributed by atoms with E-state index in [-0.39, 0.29) is 0 Å². The minimum Gasteiger partial charge on any atom is -0.309 e. The van der Waals surface area contributed by atoms with Crippen LogP contribution in [-0.4, -0.2) is 42.4 Å². The monoisotopic (exact) mass is 225 g/mol. The average molecular weight is 226 g/mol. The maximum atomic E-state index is 3.40. The van der Waals surface area contributed by atoms with Gasteiger partial charge >= 0.3 is 0 Å². The summed E-state index contributed by atoms with van der Waals surface area (Å²) in [5.74, 6) is 2.54. The van der Waals surface area contributed by atoms with Crippen molar-refractivity contribution in [2.75, 3.05) is 37.5 Å². The van der Waals surface area contributed by atoms with Gasteiger partial charge in [0.25, 0.3) is 0 Å². The fourth-order valence-electron chi connectivity index (χ4n) is 0.639. The maximum Gasteiger partial charge on any atom is 0.0122 e. The Labute approximate surface area is 76.7 Å². The third-order valence-electron chi connectivity index (χ3n) is 1.12. The molecule has 0 saturated carbocycles. The highest BCUT2D eigenvalue weighted by Crippen LogP contribution is 2.03. The largest absolute Gasteiger partial charge is 0.309 e. The van der Waals surface area contributed by atoms with Gasteiger partial charge in [-0.3, -0.25) is 0 Å². The van der Waals surface area contributed by atoms with Crippen LogP contribution in [0.4, 0.5) is 0 Å². The van der Waals surface area contributed by atoms with Crippen LogP contribution in [0.3, 0.4) is 0 Å². The molecule has 3 heteroatoms. The molecule has 0 aliphatic carbocycles. The Bertz CT molecular complexity index is 68.6. The molecule has 0 unspecified atom stereocenters. The van der Waals surface area contributed by atoms with E-state index in [4.69, 9.17) is 0 Å². The summed E-state index contributed by atoms with van der Waals surface area (Å²) in [6.07, 6.45) is 1.31. The van der Waals surface area contributed by atoms with Gasteiger partial charge in [-0.15, -0.1) is 0 Å². The minimum absolute atomic E-state index is 1.12. The summed E-state index contributed by atoms with van der Waals surface area (Å²) in [5.41, 5.74) is 0. The van der Waals surface area contributed by atoms with Crippen LogP contribution in [0, 0.1) is 0 Å². The second-order valence-electron chi connectivity index (χ2n) is 2.46. The van der Waals surface area contributed by atoms with Gasteiger partial charge in [0.15, 0.2) is 0 Å². The van der Waals surface area contributed by atoms with Crippen molar-refractivity contribution in [3.8, 4) is 0 Å². The zero-order chi connectivity index (χ0) is 7.82. The van der Waals surface area contributed by atoms with E-state index in [2.05, 4.69) is 34.9 Å². The molecule has 0 atom stereocenters. The zero-order valence-electron chi connectivity index (χ0n) is 6.77. The van der Waals surface area contributed by atoms with Crippen molar-refractivity contribution in [2.45, 2.75) is 6.42 Å². The standard InChI is InChI=1S/C7H16BrNS/c1-9(2)5-3-6-10-7-4-8/h3-7H2,1-2H3. The first-order valence-corrected chi connectivity index (χ1v) is 5.83. The lowest BCUT2D eigenvalue weighted by molar-refractivity contribution is 0.410. The van der Waals surface area contributed by atoms with Gasteiger partial charge in [0.2, 0.25) is 0 Å².